The predicted octanol–water partition coefficient (Wildman–Crippen LogP) is 3.66. The number of fused-ring (bicyclic) bond motifs is 1. The second-order valence-corrected chi connectivity index (χ2v) is 3.92. The van der Waals surface area contributed by atoms with Gasteiger partial charge in [0.1, 0.15) is 17.1 Å². The lowest BCUT2D eigenvalue weighted by Gasteiger charge is -2.08. The summed E-state index contributed by atoms with van der Waals surface area (Å²) < 4.78 is 5.92. The van der Waals surface area contributed by atoms with Gasteiger partial charge in [-0.3, -0.25) is 0 Å². The van der Waals surface area contributed by atoms with Crippen LogP contribution in [0, 0.1) is 6.92 Å². The first-order valence-electron chi connectivity index (χ1n) is 5.50. The van der Waals surface area contributed by atoms with Gasteiger partial charge in [0.05, 0.1) is 5.39 Å². The van der Waals surface area contributed by atoms with Gasteiger partial charge >= 0.3 is 0 Å². The van der Waals surface area contributed by atoms with Crippen molar-refractivity contribution in [2.45, 2.75) is 6.92 Å². The van der Waals surface area contributed by atoms with Crippen LogP contribution in [0.25, 0.3) is 11.0 Å². The van der Waals surface area contributed by atoms with Gasteiger partial charge in [-0.15, -0.1) is 0 Å². The molecule has 0 amide bonds. The van der Waals surface area contributed by atoms with Crippen LogP contribution >= 0.6 is 0 Å². The summed E-state index contributed by atoms with van der Waals surface area (Å²) in [5.74, 6) is 1.70. The smallest absolute Gasteiger partial charge is 0.140 e. The van der Waals surface area contributed by atoms with E-state index in [1.165, 1.54) is 0 Å². The molecule has 3 rings (SSSR count). The van der Waals surface area contributed by atoms with Crippen LogP contribution in [0.15, 0.2) is 48.8 Å². The minimum absolute atomic E-state index is 0.825. The number of benzene rings is 1. The van der Waals surface area contributed by atoms with Gasteiger partial charge in [-0.2, -0.15) is 0 Å². The van der Waals surface area contributed by atoms with Gasteiger partial charge in [0, 0.05) is 12.4 Å². The van der Waals surface area contributed by atoms with Gasteiger partial charge in [-0.05, 0) is 30.7 Å². The van der Waals surface area contributed by atoms with E-state index in [4.69, 9.17) is 4.74 Å². The molecular weight excluding hydrogens is 212 g/mol. The van der Waals surface area contributed by atoms with Crippen LogP contribution in [-0.2, 0) is 0 Å². The van der Waals surface area contributed by atoms with Crippen molar-refractivity contribution in [3.63, 3.8) is 0 Å². The van der Waals surface area contributed by atoms with Crippen LogP contribution in [0.2, 0.25) is 0 Å². The summed E-state index contributed by atoms with van der Waals surface area (Å²) in [4.78, 5) is 7.30. The number of nitrogens with zero attached hydrogens (tertiary/aromatic N) is 1. The quantitative estimate of drug-likeness (QED) is 0.721. The molecule has 1 N–H and O–H groups in total. The average Bonchev–Trinajstić information content (AvgIpc) is 2.81. The molecule has 2 aromatic heterocycles. The molecule has 0 fully saturated rings. The summed E-state index contributed by atoms with van der Waals surface area (Å²) in [6.45, 7) is 2.03. The Labute approximate surface area is 99.1 Å². The van der Waals surface area contributed by atoms with E-state index in [2.05, 4.69) is 9.97 Å². The highest BCUT2D eigenvalue weighted by atomic mass is 16.5. The van der Waals surface area contributed by atoms with Crippen molar-refractivity contribution in [2.24, 2.45) is 0 Å². The third-order valence-corrected chi connectivity index (χ3v) is 2.73. The van der Waals surface area contributed by atoms with Gasteiger partial charge in [0.15, 0.2) is 0 Å². The van der Waals surface area contributed by atoms with Crippen molar-refractivity contribution < 1.29 is 4.74 Å². The van der Waals surface area contributed by atoms with Crippen LogP contribution in [0.4, 0.5) is 0 Å². The van der Waals surface area contributed by atoms with Crippen molar-refractivity contribution in [1.29, 1.82) is 0 Å². The third kappa shape index (κ3) is 1.76. The van der Waals surface area contributed by atoms with Gasteiger partial charge in [-0.25, -0.2) is 4.98 Å². The van der Waals surface area contributed by atoms with E-state index in [9.17, 15) is 0 Å². The molecular formula is C14H12N2O. The normalized spacial score (nSPS) is 10.6. The number of nitrogens with one attached hydrogen (secondary N) is 1. The molecule has 1 aromatic carbocycles. The molecule has 0 aliphatic rings. The average molecular weight is 224 g/mol. The molecule has 17 heavy (non-hydrogen) atoms. The second-order valence-electron chi connectivity index (χ2n) is 3.92. The van der Waals surface area contributed by atoms with Crippen LogP contribution in [0.1, 0.15) is 5.56 Å². The van der Waals surface area contributed by atoms with E-state index < -0.39 is 0 Å². The molecule has 2 heterocycles. The Balaban J connectivity index is 2.06. The highest BCUT2D eigenvalue weighted by molar-refractivity contribution is 5.82. The zero-order chi connectivity index (χ0) is 11.7. The lowest BCUT2D eigenvalue weighted by molar-refractivity contribution is 0.484. The lowest BCUT2D eigenvalue weighted by atomic mass is 10.2. The van der Waals surface area contributed by atoms with E-state index in [0.29, 0.717) is 0 Å². The number of H-pyrrole nitrogens is 1. The van der Waals surface area contributed by atoms with E-state index in [-0.39, 0.29) is 0 Å². The van der Waals surface area contributed by atoms with Crippen molar-refractivity contribution in [3.05, 3.63) is 54.4 Å². The monoisotopic (exact) mass is 224 g/mol. The maximum absolute atomic E-state index is 5.92. The third-order valence-electron chi connectivity index (χ3n) is 2.73. The van der Waals surface area contributed by atoms with Crippen LogP contribution in [-0.4, -0.2) is 9.97 Å². The van der Waals surface area contributed by atoms with Gasteiger partial charge in [0.25, 0.3) is 0 Å². The fourth-order valence-electron chi connectivity index (χ4n) is 1.81. The fourth-order valence-corrected chi connectivity index (χ4v) is 1.81. The molecule has 0 spiro atoms. The zero-order valence-electron chi connectivity index (χ0n) is 9.47. The van der Waals surface area contributed by atoms with E-state index >= 15 is 0 Å². The Hall–Kier alpha value is -2.29. The molecule has 3 nitrogen and oxygen atoms in total. The number of para-hydroxylation sites is 1. The SMILES string of the molecule is Cc1ccccc1Oc1ccnc2[nH]ccc12. The number of aromatic nitrogens is 2. The number of pyridine rings is 1. The molecule has 0 bridgehead atoms. The number of aryl methyl sites for hydroxylation is 1. The molecule has 0 atom stereocenters. The van der Waals surface area contributed by atoms with Crippen molar-refractivity contribution in [1.82, 2.24) is 9.97 Å². The van der Waals surface area contributed by atoms with Crippen LogP contribution < -0.4 is 4.74 Å². The first-order chi connectivity index (χ1) is 8.34. The first-order valence-corrected chi connectivity index (χ1v) is 5.50. The van der Waals surface area contributed by atoms with Crippen molar-refractivity contribution >= 4 is 11.0 Å². The summed E-state index contributed by atoms with van der Waals surface area (Å²) in [6, 6.07) is 11.8. The topological polar surface area (TPSA) is 37.9 Å². The second kappa shape index (κ2) is 3.94. The summed E-state index contributed by atoms with van der Waals surface area (Å²) in [5, 5.41) is 0.996. The highest BCUT2D eigenvalue weighted by Gasteiger charge is 2.06. The van der Waals surface area contributed by atoms with Gasteiger partial charge in [0.2, 0.25) is 0 Å². The molecule has 0 aliphatic heterocycles. The fraction of sp³-hybridized carbons (Fsp3) is 0.0714. The van der Waals surface area contributed by atoms with E-state index in [0.717, 1.165) is 28.1 Å². The Morgan fingerprint density at radius 2 is 1.94 bits per heavy atom. The lowest BCUT2D eigenvalue weighted by Crippen LogP contribution is -1.88. The Morgan fingerprint density at radius 3 is 2.82 bits per heavy atom. The minimum atomic E-state index is 0.825. The summed E-state index contributed by atoms with van der Waals surface area (Å²) in [6.07, 6.45) is 3.61. The standard InChI is InChI=1S/C14H12N2O/c1-10-4-2-3-5-12(10)17-13-7-9-16-14-11(13)6-8-15-14/h2-9H,1H3,(H,15,16). The van der Waals surface area contributed by atoms with Gasteiger partial charge < -0.3 is 9.72 Å². The van der Waals surface area contributed by atoms with Crippen LogP contribution in [0.5, 0.6) is 11.5 Å². The van der Waals surface area contributed by atoms with Crippen molar-refractivity contribution in [2.75, 3.05) is 0 Å². The Bertz CT molecular complexity index is 658. The number of hydrogen-bond acceptors (Lipinski definition) is 2. The molecule has 3 aromatic rings. The highest BCUT2D eigenvalue weighted by Crippen LogP contribution is 2.29. The maximum Gasteiger partial charge on any atom is 0.140 e. The van der Waals surface area contributed by atoms with E-state index in [1.807, 2.05) is 49.5 Å². The number of rotatable bonds is 2. The molecule has 0 aliphatic carbocycles. The number of aromatic amines is 1. The summed E-state index contributed by atoms with van der Waals surface area (Å²) in [5.41, 5.74) is 1.96. The maximum atomic E-state index is 5.92. The van der Waals surface area contributed by atoms with Gasteiger partial charge in [-0.1, -0.05) is 18.2 Å². The number of ether oxygens (including phenoxy) is 1. The molecule has 0 saturated heterocycles. The molecule has 84 valence electrons. The first kappa shape index (κ1) is 9.90. The largest absolute Gasteiger partial charge is 0.456 e. The predicted molar refractivity (Wildman–Crippen MR) is 67.3 cm³/mol. The van der Waals surface area contributed by atoms with Crippen LogP contribution in [0.3, 0.4) is 0 Å². The number of hydrogen-bond donors (Lipinski definition) is 1. The minimum Gasteiger partial charge on any atom is -0.456 e. The van der Waals surface area contributed by atoms with Crippen molar-refractivity contribution in [3.8, 4) is 11.5 Å². The molecule has 0 saturated carbocycles. The molecule has 0 unspecified atom stereocenters. The Kier molecular flexibility index (Phi) is 2.29. The summed E-state index contributed by atoms with van der Waals surface area (Å²) >= 11 is 0. The molecule has 3 heteroatoms. The zero-order valence-corrected chi connectivity index (χ0v) is 9.47. The molecule has 0 radical (unpaired) electrons. The summed E-state index contributed by atoms with van der Waals surface area (Å²) in [7, 11) is 0. The van der Waals surface area contributed by atoms with E-state index in [1.54, 1.807) is 6.20 Å². The Morgan fingerprint density at radius 1 is 1.06 bits per heavy atom.